The lowest BCUT2D eigenvalue weighted by Crippen LogP contribution is -2.13. The molecule has 0 aliphatic rings. The fourth-order valence-electron chi connectivity index (χ4n) is 4.43. The van der Waals surface area contributed by atoms with Gasteiger partial charge in [-0.15, -0.1) is 0 Å². The first-order chi connectivity index (χ1) is 18.3. The van der Waals surface area contributed by atoms with Crippen molar-refractivity contribution in [2.24, 2.45) is 12.0 Å². The molecule has 0 spiro atoms. The van der Waals surface area contributed by atoms with E-state index in [9.17, 15) is 9.59 Å². The molecule has 0 atom stereocenters. The van der Waals surface area contributed by atoms with Gasteiger partial charge in [-0.05, 0) is 61.0 Å². The predicted octanol–water partition coefficient (Wildman–Crippen LogP) is 7.01. The first kappa shape index (κ1) is 25.5. The van der Waals surface area contributed by atoms with E-state index in [1.807, 2.05) is 48.9 Å². The maximum atomic E-state index is 13.3. The zero-order chi connectivity index (χ0) is 26.8. The van der Waals surface area contributed by atoms with Crippen molar-refractivity contribution in [3.8, 4) is 0 Å². The molecule has 192 valence electrons. The fraction of sp³-hybridized carbons (Fsp3) is 0.143. The van der Waals surface area contributed by atoms with Crippen molar-refractivity contribution in [3.05, 3.63) is 92.3 Å². The Morgan fingerprint density at radius 2 is 1.82 bits per heavy atom. The van der Waals surface area contributed by atoms with E-state index in [1.54, 1.807) is 36.5 Å². The molecule has 0 radical (unpaired) electrons. The van der Waals surface area contributed by atoms with Crippen molar-refractivity contribution in [2.75, 3.05) is 10.6 Å². The largest absolute Gasteiger partial charge is 0.345 e. The maximum Gasteiger partial charge on any atom is 0.345 e. The maximum absolute atomic E-state index is 13.3. The number of pyridine rings is 1. The average molecular weight is 547 g/mol. The number of nitrogens with one attached hydrogen (secondary N) is 3. The molecule has 0 aliphatic carbocycles. The van der Waals surface area contributed by atoms with Crippen molar-refractivity contribution < 1.29 is 4.79 Å². The number of carbonyl (C=O) groups excluding carboxylic acids is 1. The van der Waals surface area contributed by atoms with Crippen LogP contribution in [0, 0.1) is 6.92 Å². The molecule has 2 aromatic heterocycles. The summed E-state index contributed by atoms with van der Waals surface area (Å²) >= 11 is 12.6. The highest BCUT2D eigenvalue weighted by atomic mass is 35.5. The molecule has 0 unspecified atom stereocenters. The number of halogens is 2. The van der Waals surface area contributed by atoms with Crippen molar-refractivity contribution >= 4 is 74.6 Å². The molecule has 3 aromatic carbocycles. The Morgan fingerprint density at radius 1 is 1.08 bits per heavy atom. The van der Waals surface area contributed by atoms with Gasteiger partial charge in [0.05, 0.1) is 32.2 Å². The number of H-pyrrole nitrogens is 1. The number of carbonyl (C=O) groups is 1. The lowest BCUT2D eigenvalue weighted by atomic mass is 10.0. The number of fused-ring (bicyclic) bond motifs is 3. The molecular formula is C28H24Cl2N6O2. The molecule has 2 amide bonds. The van der Waals surface area contributed by atoms with E-state index < -0.39 is 6.03 Å². The van der Waals surface area contributed by atoms with Gasteiger partial charge in [-0.2, -0.15) is 0 Å². The number of hydrogen-bond donors (Lipinski definition) is 3. The molecule has 5 rings (SSSR count). The van der Waals surface area contributed by atoms with Crippen molar-refractivity contribution in [1.82, 2.24) is 14.5 Å². The summed E-state index contributed by atoms with van der Waals surface area (Å²) in [4.78, 5) is 37.0. The van der Waals surface area contributed by atoms with Crippen LogP contribution in [0.4, 0.5) is 22.1 Å². The number of para-hydroxylation sites is 2. The van der Waals surface area contributed by atoms with Gasteiger partial charge in [0.15, 0.2) is 0 Å². The highest BCUT2D eigenvalue weighted by Gasteiger charge is 2.17. The lowest BCUT2D eigenvalue weighted by molar-refractivity contribution is 0.259. The van der Waals surface area contributed by atoms with E-state index in [0.29, 0.717) is 56.6 Å². The number of anilines is 3. The second-order valence-electron chi connectivity index (χ2n) is 8.78. The summed E-state index contributed by atoms with van der Waals surface area (Å²) in [6.45, 7) is 1.97. The van der Waals surface area contributed by atoms with E-state index in [1.165, 1.54) is 0 Å². The first-order valence-corrected chi connectivity index (χ1v) is 12.7. The minimum absolute atomic E-state index is 0.213. The summed E-state index contributed by atoms with van der Waals surface area (Å²) in [5, 5.41) is 8.22. The van der Waals surface area contributed by atoms with Crippen LogP contribution >= 0.6 is 23.2 Å². The molecule has 0 fully saturated rings. The average Bonchev–Trinajstić information content (AvgIpc) is 3.22. The number of nitrogens with zero attached hydrogens (tertiary/aromatic N) is 3. The molecule has 5 aromatic rings. The number of urea groups is 1. The van der Waals surface area contributed by atoms with E-state index in [0.717, 1.165) is 16.6 Å². The summed E-state index contributed by atoms with van der Waals surface area (Å²) in [7, 11) is 1.83. The van der Waals surface area contributed by atoms with Crippen molar-refractivity contribution in [3.63, 3.8) is 0 Å². The molecule has 10 heteroatoms. The van der Waals surface area contributed by atoms with Crippen LogP contribution in [0.25, 0.3) is 21.8 Å². The minimum atomic E-state index is -0.444. The number of aromatic nitrogens is 3. The monoisotopic (exact) mass is 546 g/mol. The normalized spacial score (nSPS) is 11.5. The summed E-state index contributed by atoms with van der Waals surface area (Å²) in [5.41, 5.74) is 4.12. The van der Waals surface area contributed by atoms with Gasteiger partial charge in [0.1, 0.15) is 0 Å². The van der Waals surface area contributed by atoms with E-state index >= 15 is 0 Å². The van der Waals surface area contributed by atoms with Gasteiger partial charge in [0, 0.05) is 24.6 Å². The van der Waals surface area contributed by atoms with E-state index in [2.05, 4.69) is 25.6 Å². The Hall–Kier alpha value is -4.14. The van der Waals surface area contributed by atoms with Gasteiger partial charge >= 0.3 is 6.03 Å². The Morgan fingerprint density at radius 3 is 2.55 bits per heavy atom. The molecule has 0 bridgehead atoms. The minimum Gasteiger partial charge on any atom is -0.325 e. The van der Waals surface area contributed by atoms with Crippen LogP contribution in [0.15, 0.2) is 70.5 Å². The summed E-state index contributed by atoms with van der Waals surface area (Å²) in [6.07, 6.45) is 2.58. The van der Waals surface area contributed by atoms with Crippen molar-refractivity contribution in [1.29, 1.82) is 0 Å². The molecule has 3 N–H and O–H groups in total. The van der Waals surface area contributed by atoms with Gasteiger partial charge in [-0.25, -0.2) is 14.8 Å². The van der Waals surface area contributed by atoms with E-state index in [4.69, 9.17) is 23.2 Å². The Balaban J connectivity index is 1.40. The third-order valence-corrected chi connectivity index (χ3v) is 6.97. The van der Waals surface area contributed by atoms with Gasteiger partial charge in [-0.1, -0.05) is 53.5 Å². The topological polar surface area (TPSA) is 104 Å². The first-order valence-electron chi connectivity index (χ1n) is 11.9. The number of rotatable bonds is 6. The van der Waals surface area contributed by atoms with Gasteiger partial charge in [-0.3, -0.25) is 4.79 Å². The number of benzene rings is 3. The molecule has 0 saturated heterocycles. The summed E-state index contributed by atoms with van der Waals surface area (Å²) in [6, 6.07) is 17.7. The highest BCUT2D eigenvalue weighted by Crippen LogP contribution is 2.34. The molecule has 8 nitrogen and oxygen atoms in total. The Kier molecular flexibility index (Phi) is 7.18. The second-order valence-corrected chi connectivity index (χ2v) is 9.59. The standard InChI is InChI=1S/C28H24Cl2N6O2/c1-16-18-13-14-22-25(36(2)27(34-22)35-24-19(29)10-6-11-20(24)30)23(18)26(37)33-21(16)12-7-15-31-28(38)32-17-8-4-3-5-9-17/h3-6,8-11,13-15H,7,12H2,1-2H3,(H,32,38)(H,33,37)(H,34,35). The van der Waals surface area contributed by atoms with Gasteiger partial charge < -0.3 is 20.2 Å². The zero-order valence-corrected chi connectivity index (χ0v) is 22.2. The van der Waals surface area contributed by atoms with Crippen LogP contribution in [0.3, 0.4) is 0 Å². The van der Waals surface area contributed by atoms with Crippen LogP contribution in [-0.2, 0) is 13.5 Å². The van der Waals surface area contributed by atoms with Crippen LogP contribution in [-0.4, -0.2) is 26.8 Å². The number of imidazole rings is 1. The van der Waals surface area contributed by atoms with E-state index in [-0.39, 0.29) is 5.56 Å². The molecule has 38 heavy (non-hydrogen) atoms. The summed E-state index contributed by atoms with van der Waals surface area (Å²) < 4.78 is 1.82. The Bertz CT molecular complexity index is 1740. The van der Waals surface area contributed by atoms with Gasteiger partial charge in [0.25, 0.3) is 5.56 Å². The molecule has 0 aliphatic heterocycles. The van der Waals surface area contributed by atoms with Crippen LogP contribution in [0.5, 0.6) is 0 Å². The molecule has 2 heterocycles. The Labute approximate surface area is 228 Å². The highest BCUT2D eigenvalue weighted by molar-refractivity contribution is 6.39. The summed E-state index contributed by atoms with van der Waals surface area (Å²) in [5.74, 6) is 0.508. The third-order valence-electron chi connectivity index (χ3n) is 6.34. The SMILES string of the molecule is Cc1c(CCC=NC(=O)Nc2ccccc2)[nH]c(=O)c2c1ccc1nc(Nc3c(Cl)cccc3Cl)n(C)c12. The number of hydrogen-bond acceptors (Lipinski definition) is 4. The predicted molar refractivity (Wildman–Crippen MR) is 156 cm³/mol. The molecular weight excluding hydrogens is 523 g/mol. The smallest absolute Gasteiger partial charge is 0.325 e. The lowest BCUT2D eigenvalue weighted by Gasteiger charge is -2.11. The quantitative estimate of drug-likeness (QED) is 0.199. The van der Waals surface area contributed by atoms with Crippen LogP contribution < -0.4 is 16.2 Å². The number of amides is 2. The van der Waals surface area contributed by atoms with Gasteiger partial charge in [0.2, 0.25) is 5.95 Å². The van der Waals surface area contributed by atoms with Crippen LogP contribution in [0.2, 0.25) is 10.0 Å². The second kappa shape index (κ2) is 10.7. The number of aliphatic imine (C=N–C) groups is 1. The van der Waals surface area contributed by atoms with Crippen LogP contribution in [0.1, 0.15) is 17.7 Å². The zero-order valence-electron chi connectivity index (χ0n) is 20.7. The third kappa shape index (κ3) is 5.01. The molecule has 0 saturated carbocycles. The number of aromatic amines is 1. The number of aryl methyl sites for hydroxylation is 3. The fourth-order valence-corrected chi connectivity index (χ4v) is 4.92. The van der Waals surface area contributed by atoms with Crippen molar-refractivity contribution in [2.45, 2.75) is 19.8 Å².